The summed E-state index contributed by atoms with van der Waals surface area (Å²) in [5.74, 6) is -0.272. The molecule has 0 heterocycles. The molecule has 0 fully saturated rings. The number of allylic oxidation sites excluding steroid dienone is 5. The number of carbonyl (C=O) groups is 1. The minimum atomic E-state index is -0.680. The third-order valence-electron chi connectivity index (χ3n) is 1.03. The van der Waals surface area contributed by atoms with Gasteiger partial charge in [0.15, 0.2) is 0 Å². The van der Waals surface area contributed by atoms with Crippen LogP contribution in [-0.4, -0.2) is 12.6 Å². The van der Waals surface area contributed by atoms with Gasteiger partial charge in [-0.05, 0) is 6.08 Å². The Morgan fingerprint density at radius 1 is 1.58 bits per heavy atom. The second-order valence-electron chi connectivity index (χ2n) is 2.13. The van der Waals surface area contributed by atoms with E-state index in [0.29, 0.717) is 0 Å². The van der Waals surface area contributed by atoms with E-state index >= 15 is 0 Å². The number of halogens is 1. The number of amides is 1. The molecule has 12 heavy (non-hydrogen) atoms. The second kappa shape index (κ2) is 6.34. The molecular formula is C9H12FNO. The Labute approximate surface area is 71.5 Å². The topological polar surface area (TPSA) is 29.1 Å². The van der Waals surface area contributed by atoms with Crippen molar-refractivity contribution < 1.29 is 9.18 Å². The van der Waals surface area contributed by atoms with Gasteiger partial charge >= 0.3 is 0 Å². The lowest BCUT2D eigenvalue weighted by Crippen LogP contribution is -2.19. The molecule has 0 unspecified atom stereocenters. The predicted octanol–water partition coefficient (Wildman–Crippen LogP) is 1.72. The second-order valence-corrected chi connectivity index (χ2v) is 2.13. The van der Waals surface area contributed by atoms with Crippen LogP contribution in [0.2, 0.25) is 0 Å². The third kappa shape index (κ3) is 5.41. The first-order chi connectivity index (χ1) is 5.70. The van der Waals surface area contributed by atoms with Gasteiger partial charge in [-0.1, -0.05) is 24.8 Å². The summed E-state index contributed by atoms with van der Waals surface area (Å²) in [4.78, 5) is 10.5. The number of hydrogen-bond donors (Lipinski definition) is 1. The van der Waals surface area contributed by atoms with E-state index in [0.717, 1.165) is 0 Å². The summed E-state index contributed by atoms with van der Waals surface area (Å²) in [6.45, 7) is 4.10. The molecule has 0 aliphatic rings. The van der Waals surface area contributed by atoms with E-state index in [1.54, 1.807) is 18.2 Å². The number of nitrogens with one attached hydrogen (secondary N) is 1. The van der Waals surface area contributed by atoms with Crippen LogP contribution in [0, 0.1) is 0 Å². The van der Waals surface area contributed by atoms with E-state index in [2.05, 4.69) is 11.9 Å². The van der Waals surface area contributed by atoms with Crippen molar-refractivity contribution in [1.82, 2.24) is 5.32 Å². The molecule has 1 N–H and O–H groups in total. The number of carbonyl (C=O) groups excluding carboxylic acids is 1. The molecule has 3 heteroatoms. The lowest BCUT2D eigenvalue weighted by atomic mass is 10.3. The zero-order chi connectivity index (χ0) is 9.40. The Hall–Kier alpha value is -1.38. The van der Waals surface area contributed by atoms with Crippen LogP contribution in [0.4, 0.5) is 4.39 Å². The summed E-state index contributed by atoms with van der Waals surface area (Å²) in [7, 11) is 0. The van der Waals surface area contributed by atoms with Gasteiger partial charge in [-0.15, -0.1) is 0 Å². The molecule has 0 saturated carbocycles. The van der Waals surface area contributed by atoms with E-state index in [9.17, 15) is 9.18 Å². The Morgan fingerprint density at radius 2 is 2.25 bits per heavy atom. The molecule has 0 aliphatic carbocycles. The standard InChI is InChI=1S/C9H12FNO/c1-3-4-5-6-9(7-10)11-8(2)12/h3-6H,1,7H2,2H3,(H,11,12)/b5-4-,9-6+. The Balaban J connectivity index is 4.12. The third-order valence-corrected chi connectivity index (χ3v) is 1.03. The first-order valence-corrected chi connectivity index (χ1v) is 3.52. The highest BCUT2D eigenvalue weighted by Crippen LogP contribution is 1.91. The summed E-state index contributed by atoms with van der Waals surface area (Å²) in [5, 5.41) is 2.35. The molecule has 0 aliphatic heterocycles. The fourth-order valence-electron chi connectivity index (χ4n) is 0.596. The van der Waals surface area contributed by atoms with Gasteiger partial charge in [0, 0.05) is 12.6 Å². The van der Waals surface area contributed by atoms with Gasteiger partial charge in [0.2, 0.25) is 5.91 Å². The molecule has 1 amide bonds. The molecule has 0 spiro atoms. The molecular weight excluding hydrogens is 157 g/mol. The summed E-state index contributed by atoms with van der Waals surface area (Å²) in [5.41, 5.74) is 0.251. The maximum absolute atomic E-state index is 12.1. The van der Waals surface area contributed by atoms with Crippen LogP contribution in [0.1, 0.15) is 6.92 Å². The zero-order valence-electron chi connectivity index (χ0n) is 7.01. The van der Waals surface area contributed by atoms with E-state index in [1.165, 1.54) is 13.0 Å². The average molecular weight is 169 g/mol. The molecule has 0 saturated heterocycles. The molecule has 0 rings (SSSR count). The first kappa shape index (κ1) is 10.6. The van der Waals surface area contributed by atoms with Gasteiger partial charge < -0.3 is 5.32 Å². The fourth-order valence-corrected chi connectivity index (χ4v) is 0.596. The highest BCUT2D eigenvalue weighted by Gasteiger charge is 1.95. The van der Waals surface area contributed by atoms with Gasteiger partial charge in [0.25, 0.3) is 0 Å². The lowest BCUT2D eigenvalue weighted by Gasteiger charge is -2.00. The lowest BCUT2D eigenvalue weighted by molar-refractivity contribution is -0.118. The van der Waals surface area contributed by atoms with E-state index in [4.69, 9.17) is 0 Å². The van der Waals surface area contributed by atoms with Gasteiger partial charge in [-0.25, -0.2) is 4.39 Å². The van der Waals surface area contributed by atoms with E-state index < -0.39 is 6.67 Å². The van der Waals surface area contributed by atoms with E-state index in [1.807, 2.05) is 0 Å². The van der Waals surface area contributed by atoms with Gasteiger partial charge in [-0.2, -0.15) is 0 Å². The average Bonchev–Trinajstić information content (AvgIpc) is 2.02. The molecule has 2 nitrogen and oxygen atoms in total. The van der Waals surface area contributed by atoms with Crippen molar-refractivity contribution in [1.29, 1.82) is 0 Å². The SMILES string of the molecule is C=C/C=C\C=C(/CF)NC(C)=O. The van der Waals surface area contributed by atoms with Crippen LogP contribution in [0.25, 0.3) is 0 Å². The molecule has 0 aromatic carbocycles. The quantitative estimate of drug-likeness (QED) is 0.638. The zero-order valence-corrected chi connectivity index (χ0v) is 7.01. The van der Waals surface area contributed by atoms with Crippen molar-refractivity contribution in [3.63, 3.8) is 0 Å². The van der Waals surface area contributed by atoms with Crippen molar-refractivity contribution in [2.45, 2.75) is 6.92 Å². The Kier molecular flexibility index (Phi) is 5.61. The highest BCUT2D eigenvalue weighted by atomic mass is 19.1. The molecule has 0 aromatic heterocycles. The summed E-state index contributed by atoms with van der Waals surface area (Å²) >= 11 is 0. The predicted molar refractivity (Wildman–Crippen MR) is 47.2 cm³/mol. The van der Waals surface area contributed by atoms with E-state index in [-0.39, 0.29) is 11.6 Å². The largest absolute Gasteiger partial charge is 0.327 e. The van der Waals surface area contributed by atoms with Crippen molar-refractivity contribution in [3.8, 4) is 0 Å². The number of rotatable bonds is 4. The molecule has 0 aromatic rings. The summed E-state index contributed by atoms with van der Waals surface area (Å²) in [6.07, 6.45) is 6.32. The maximum atomic E-state index is 12.1. The van der Waals surface area contributed by atoms with Crippen LogP contribution in [0.5, 0.6) is 0 Å². The fraction of sp³-hybridized carbons (Fsp3) is 0.222. The highest BCUT2D eigenvalue weighted by molar-refractivity contribution is 5.74. The van der Waals surface area contributed by atoms with Crippen molar-refractivity contribution in [2.24, 2.45) is 0 Å². The van der Waals surface area contributed by atoms with Crippen molar-refractivity contribution in [3.05, 3.63) is 36.6 Å². The van der Waals surface area contributed by atoms with Crippen LogP contribution >= 0.6 is 0 Å². The van der Waals surface area contributed by atoms with Crippen LogP contribution < -0.4 is 5.32 Å². The molecule has 0 atom stereocenters. The van der Waals surface area contributed by atoms with Gasteiger partial charge in [0.1, 0.15) is 6.67 Å². The minimum Gasteiger partial charge on any atom is -0.327 e. The first-order valence-electron chi connectivity index (χ1n) is 3.52. The summed E-state index contributed by atoms with van der Waals surface area (Å²) < 4.78 is 12.1. The van der Waals surface area contributed by atoms with Crippen molar-refractivity contribution >= 4 is 5.91 Å². The van der Waals surface area contributed by atoms with Crippen molar-refractivity contribution in [2.75, 3.05) is 6.67 Å². The maximum Gasteiger partial charge on any atom is 0.221 e. The Morgan fingerprint density at radius 3 is 2.67 bits per heavy atom. The Bertz CT molecular complexity index is 219. The number of hydrogen-bond acceptors (Lipinski definition) is 1. The summed E-state index contributed by atoms with van der Waals surface area (Å²) in [6, 6.07) is 0. The number of alkyl halides is 1. The van der Waals surface area contributed by atoms with Crippen LogP contribution in [-0.2, 0) is 4.79 Å². The normalized spacial score (nSPS) is 11.7. The molecule has 0 radical (unpaired) electrons. The monoisotopic (exact) mass is 169 g/mol. The van der Waals surface area contributed by atoms with Gasteiger partial charge in [0.05, 0.1) is 0 Å². The van der Waals surface area contributed by atoms with Gasteiger partial charge in [-0.3, -0.25) is 4.79 Å². The minimum absolute atomic E-state index is 0.251. The smallest absolute Gasteiger partial charge is 0.221 e. The molecule has 66 valence electrons. The van der Waals surface area contributed by atoms with Crippen LogP contribution in [0.15, 0.2) is 36.6 Å². The van der Waals surface area contributed by atoms with Crippen LogP contribution in [0.3, 0.4) is 0 Å². The molecule has 0 bridgehead atoms.